The highest BCUT2D eigenvalue weighted by molar-refractivity contribution is 5.86. The average molecular weight is 253 g/mol. The molecule has 1 fully saturated rings. The first-order chi connectivity index (χ1) is 8.24. The molecule has 1 atom stereocenters. The number of carbonyl (C=O) groups is 2. The summed E-state index contributed by atoms with van der Waals surface area (Å²) in [6.07, 6.45) is 2.12. The summed E-state index contributed by atoms with van der Waals surface area (Å²) in [5, 5.41) is 0. The first-order valence-electron chi connectivity index (χ1n) is 6.37. The molecule has 1 heterocycles. The van der Waals surface area contributed by atoms with Gasteiger partial charge in [-0.25, -0.2) is 4.79 Å². The molecule has 0 aromatic rings. The molecule has 0 saturated carbocycles. The summed E-state index contributed by atoms with van der Waals surface area (Å²) in [7, 11) is 0. The number of amides is 1. The highest BCUT2D eigenvalue weighted by atomic mass is 16.6. The monoisotopic (exact) mass is 253 g/mol. The van der Waals surface area contributed by atoms with Crippen molar-refractivity contribution >= 4 is 11.9 Å². The Labute approximate surface area is 109 Å². The van der Waals surface area contributed by atoms with Crippen molar-refractivity contribution < 1.29 is 14.3 Å². The van der Waals surface area contributed by atoms with Crippen LogP contribution in [-0.2, 0) is 9.53 Å². The SMILES string of the molecule is C=CCC(C)C(=O)C1CN(C(=O)OC(C)(C)C)C1. The Morgan fingerprint density at radius 3 is 2.44 bits per heavy atom. The van der Waals surface area contributed by atoms with Crippen molar-refractivity contribution in [1.82, 2.24) is 4.90 Å². The van der Waals surface area contributed by atoms with E-state index in [1.54, 1.807) is 11.0 Å². The fourth-order valence-electron chi connectivity index (χ4n) is 1.90. The molecule has 0 N–H and O–H groups in total. The number of Topliss-reactive ketones (excluding diaryl/α,β-unsaturated/α-hetero) is 1. The summed E-state index contributed by atoms with van der Waals surface area (Å²) < 4.78 is 5.24. The maximum absolute atomic E-state index is 11.9. The van der Waals surface area contributed by atoms with Crippen LogP contribution in [0.5, 0.6) is 0 Å². The van der Waals surface area contributed by atoms with Crippen LogP contribution in [0.25, 0.3) is 0 Å². The van der Waals surface area contributed by atoms with Crippen molar-refractivity contribution in [2.24, 2.45) is 11.8 Å². The predicted octanol–water partition coefficient (Wildman–Crippen LogP) is 2.63. The van der Waals surface area contributed by atoms with Gasteiger partial charge in [-0.3, -0.25) is 4.79 Å². The molecule has 1 rings (SSSR count). The standard InChI is InChI=1S/C14H23NO3/c1-6-7-10(2)12(16)11-8-15(9-11)13(17)18-14(3,4)5/h6,10-11H,1,7-9H2,2-5H3. The summed E-state index contributed by atoms with van der Waals surface area (Å²) in [6.45, 7) is 12.0. The van der Waals surface area contributed by atoms with Crippen molar-refractivity contribution in [1.29, 1.82) is 0 Å². The molecule has 102 valence electrons. The second-order valence-corrected chi connectivity index (χ2v) is 5.91. The molecule has 1 amide bonds. The molecule has 1 aliphatic rings. The lowest BCUT2D eigenvalue weighted by Gasteiger charge is -2.39. The van der Waals surface area contributed by atoms with Crippen molar-refractivity contribution in [2.45, 2.75) is 39.7 Å². The predicted molar refractivity (Wildman–Crippen MR) is 70.3 cm³/mol. The van der Waals surface area contributed by atoms with Crippen LogP contribution in [0.4, 0.5) is 4.79 Å². The number of hydrogen-bond donors (Lipinski definition) is 0. The van der Waals surface area contributed by atoms with E-state index in [0.717, 1.165) is 0 Å². The van der Waals surface area contributed by atoms with Gasteiger partial charge in [0.2, 0.25) is 0 Å². The van der Waals surface area contributed by atoms with Gasteiger partial charge in [-0.05, 0) is 27.2 Å². The molecule has 18 heavy (non-hydrogen) atoms. The van der Waals surface area contributed by atoms with Crippen LogP contribution < -0.4 is 0 Å². The molecular weight excluding hydrogens is 230 g/mol. The third-order valence-electron chi connectivity index (χ3n) is 2.94. The number of allylic oxidation sites excluding steroid dienone is 1. The zero-order chi connectivity index (χ0) is 13.9. The molecule has 4 nitrogen and oxygen atoms in total. The second kappa shape index (κ2) is 5.55. The molecule has 0 radical (unpaired) electrons. The van der Waals surface area contributed by atoms with E-state index in [1.165, 1.54) is 0 Å². The van der Waals surface area contributed by atoms with Crippen LogP contribution in [0.15, 0.2) is 12.7 Å². The first kappa shape index (κ1) is 14.7. The maximum atomic E-state index is 11.9. The van der Waals surface area contributed by atoms with Gasteiger partial charge in [0.15, 0.2) is 0 Å². The summed E-state index contributed by atoms with van der Waals surface area (Å²) in [5.41, 5.74) is -0.484. The van der Waals surface area contributed by atoms with E-state index in [2.05, 4.69) is 6.58 Å². The first-order valence-corrected chi connectivity index (χ1v) is 6.37. The van der Waals surface area contributed by atoms with Crippen molar-refractivity contribution in [2.75, 3.05) is 13.1 Å². The molecule has 4 heteroatoms. The van der Waals surface area contributed by atoms with E-state index in [0.29, 0.717) is 19.5 Å². The molecule has 0 spiro atoms. The summed E-state index contributed by atoms with van der Waals surface area (Å²) in [4.78, 5) is 25.2. The highest BCUT2D eigenvalue weighted by Gasteiger charge is 2.38. The van der Waals surface area contributed by atoms with Gasteiger partial charge in [-0.2, -0.15) is 0 Å². The lowest BCUT2D eigenvalue weighted by atomic mass is 9.87. The Balaban J connectivity index is 2.37. The molecule has 1 saturated heterocycles. The van der Waals surface area contributed by atoms with E-state index in [1.807, 2.05) is 27.7 Å². The smallest absolute Gasteiger partial charge is 0.410 e. The minimum Gasteiger partial charge on any atom is -0.444 e. The quantitative estimate of drug-likeness (QED) is 0.724. The Kier molecular flexibility index (Phi) is 4.54. The molecule has 1 aliphatic heterocycles. The molecular formula is C14H23NO3. The van der Waals surface area contributed by atoms with E-state index >= 15 is 0 Å². The number of hydrogen-bond acceptors (Lipinski definition) is 3. The zero-order valence-corrected chi connectivity index (χ0v) is 11.7. The molecule has 0 bridgehead atoms. The van der Waals surface area contributed by atoms with Gasteiger partial charge in [-0.15, -0.1) is 6.58 Å². The van der Waals surface area contributed by atoms with Crippen molar-refractivity contribution in [3.8, 4) is 0 Å². The van der Waals surface area contributed by atoms with Crippen LogP contribution in [0.2, 0.25) is 0 Å². The fourth-order valence-corrected chi connectivity index (χ4v) is 1.90. The number of ketones is 1. The number of likely N-dealkylation sites (tertiary alicyclic amines) is 1. The third kappa shape index (κ3) is 3.86. The number of ether oxygens (including phenoxy) is 1. The van der Waals surface area contributed by atoms with Gasteiger partial charge in [0.25, 0.3) is 0 Å². The highest BCUT2D eigenvalue weighted by Crippen LogP contribution is 2.23. The van der Waals surface area contributed by atoms with E-state index in [9.17, 15) is 9.59 Å². The van der Waals surface area contributed by atoms with Gasteiger partial charge >= 0.3 is 6.09 Å². The van der Waals surface area contributed by atoms with E-state index in [4.69, 9.17) is 4.74 Å². The molecule has 0 aromatic heterocycles. The van der Waals surface area contributed by atoms with Crippen molar-refractivity contribution in [3.63, 3.8) is 0 Å². The third-order valence-corrected chi connectivity index (χ3v) is 2.94. The normalized spacial score (nSPS) is 17.9. The van der Waals surface area contributed by atoms with Crippen LogP contribution in [-0.4, -0.2) is 35.5 Å². The minimum atomic E-state index is -0.484. The molecule has 0 aliphatic carbocycles. The number of nitrogens with zero attached hydrogens (tertiary/aromatic N) is 1. The topological polar surface area (TPSA) is 46.6 Å². The van der Waals surface area contributed by atoms with Crippen molar-refractivity contribution in [3.05, 3.63) is 12.7 Å². The maximum Gasteiger partial charge on any atom is 0.410 e. The Morgan fingerprint density at radius 1 is 1.44 bits per heavy atom. The van der Waals surface area contributed by atoms with Gasteiger partial charge in [0, 0.05) is 19.0 Å². The molecule has 1 unspecified atom stereocenters. The second-order valence-electron chi connectivity index (χ2n) is 5.91. The minimum absolute atomic E-state index is 0.00622. The Morgan fingerprint density at radius 2 is 2.00 bits per heavy atom. The van der Waals surface area contributed by atoms with Gasteiger partial charge in [0.05, 0.1) is 5.92 Å². The molecule has 0 aromatic carbocycles. The average Bonchev–Trinajstić information content (AvgIpc) is 2.12. The largest absolute Gasteiger partial charge is 0.444 e. The van der Waals surface area contributed by atoms with Crippen LogP contribution in [0, 0.1) is 11.8 Å². The number of rotatable bonds is 4. The van der Waals surface area contributed by atoms with Crippen LogP contribution in [0.1, 0.15) is 34.1 Å². The summed E-state index contributed by atoms with van der Waals surface area (Å²) >= 11 is 0. The zero-order valence-electron chi connectivity index (χ0n) is 11.7. The van der Waals surface area contributed by atoms with E-state index < -0.39 is 5.60 Å². The number of carbonyl (C=O) groups excluding carboxylic acids is 2. The summed E-state index contributed by atoms with van der Waals surface area (Å²) in [5.74, 6) is 0.176. The van der Waals surface area contributed by atoms with Gasteiger partial charge < -0.3 is 9.64 Å². The fraction of sp³-hybridized carbons (Fsp3) is 0.714. The Hall–Kier alpha value is -1.32. The van der Waals surface area contributed by atoms with Crippen LogP contribution >= 0.6 is 0 Å². The van der Waals surface area contributed by atoms with Gasteiger partial charge in [0.1, 0.15) is 11.4 Å². The van der Waals surface area contributed by atoms with Gasteiger partial charge in [-0.1, -0.05) is 13.0 Å². The Bertz CT molecular complexity index is 337. The summed E-state index contributed by atoms with van der Waals surface area (Å²) in [6, 6.07) is 0. The lowest BCUT2D eigenvalue weighted by Crippen LogP contribution is -2.55. The lowest BCUT2D eigenvalue weighted by molar-refractivity contribution is -0.131. The van der Waals surface area contributed by atoms with Crippen LogP contribution in [0.3, 0.4) is 0 Å². The van der Waals surface area contributed by atoms with E-state index in [-0.39, 0.29) is 23.7 Å².